The van der Waals surface area contributed by atoms with Gasteiger partial charge in [-0.05, 0) is 32.6 Å². The van der Waals surface area contributed by atoms with Crippen LogP contribution in [0.3, 0.4) is 0 Å². The lowest BCUT2D eigenvalue weighted by molar-refractivity contribution is -0.138. The Hall–Kier alpha value is -1.69. The van der Waals surface area contributed by atoms with Crippen molar-refractivity contribution in [1.29, 1.82) is 0 Å². The molecule has 0 N–H and O–H groups in total. The minimum Gasteiger partial charge on any atom is -0.383 e. The highest BCUT2D eigenvalue weighted by Gasteiger charge is 2.41. The Balaban J connectivity index is 1.75. The molecule has 0 aliphatic carbocycles. The number of piperidine rings is 2. The molecule has 1 aromatic rings. The van der Waals surface area contributed by atoms with Gasteiger partial charge >= 0.3 is 0 Å². The molecule has 3 rings (SSSR count). The van der Waals surface area contributed by atoms with Crippen molar-refractivity contribution in [3.63, 3.8) is 0 Å². The van der Waals surface area contributed by atoms with E-state index < -0.39 is 0 Å². The number of nitrogens with zero attached hydrogens (tertiary/aromatic N) is 4. The number of hydrogen-bond acceptors (Lipinski definition) is 5. The average Bonchev–Trinajstić information content (AvgIpc) is 2.63. The van der Waals surface area contributed by atoms with E-state index in [2.05, 4.69) is 22.9 Å². The molecule has 144 valence electrons. The number of anilines is 1. The minimum absolute atomic E-state index is 0.184. The summed E-state index contributed by atoms with van der Waals surface area (Å²) in [5, 5.41) is 0. The van der Waals surface area contributed by atoms with Crippen LogP contribution < -0.4 is 4.90 Å². The number of amides is 1. The molecular weight excluding hydrogens is 328 g/mol. The zero-order chi connectivity index (χ0) is 18.6. The Morgan fingerprint density at radius 1 is 1.27 bits per heavy atom. The van der Waals surface area contributed by atoms with Crippen molar-refractivity contribution in [3.05, 3.63) is 17.6 Å². The maximum atomic E-state index is 12.3. The van der Waals surface area contributed by atoms with Crippen molar-refractivity contribution in [2.45, 2.75) is 52.4 Å². The molecule has 26 heavy (non-hydrogen) atoms. The van der Waals surface area contributed by atoms with E-state index in [-0.39, 0.29) is 11.3 Å². The maximum absolute atomic E-state index is 12.3. The first-order chi connectivity index (χ1) is 12.5. The number of rotatable bonds is 6. The number of carbonyl (C=O) groups is 1. The molecule has 0 saturated carbocycles. The third-order valence-corrected chi connectivity index (χ3v) is 5.68. The molecule has 2 aliphatic heterocycles. The van der Waals surface area contributed by atoms with Crippen LogP contribution in [0.15, 0.2) is 6.07 Å². The summed E-state index contributed by atoms with van der Waals surface area (Å²) in [6.07, 6.45) is 6.06. The van der Waals surface area contributed by atoms with Crippen LogP contribution in [0.25, 0.3) is 0 Å². The molecule has 0 unspecified atom stereocenters. The predicted octanol–water partition coefficient (Wildman–Crippen LogP) is 2.59. The van der Waals surface area contributed by atoms with Gasteiger partial charge in [0.1, 0.15) is 11.6 Å². The summed E-state index contributed by atoms with van der Waals surface area (Å²) >= 11 is 0. The third-order valence-electron chi connectivity index (χ3n) is 5.68. The molecule has 3 heterocycles. The van der Waals surface area contributed by atoms with Crippen LogP contribution in [0.1, 0.15) is 50.5 Å². The van der Waals surface area contributed by atoms with Gasteiger partial charge in [-0.3, -0.25) is 4.79 Å². The van der Waals surface area contributed by atoms with Gasteiger partial charge in [-0.1, -0.05) is 13.3 Å². The van der Waals surface area contributed by atoms with Crippen LogP contribution in [0.2, 0.25) is 0 Å². The highest BCUT2D eigenvalue weighted by molar-refractivity contribution is 5.77. The number of methoxy groups -OCH3 is 1. The summed E-state index contributed by atoms with van der Waals surface area (Å²) in [7, 11) is 1.69. The first-order valence-electron chi connectivity index (χ1n) is 9.91. The van der Waals surface area contributed by atoms with Gasteiger partial charge in [-0.2, -0.15) is 0 Å². The van der Waals surface area contributed by atoms with Crippen molar-refractivity contribution in [2.24, 2.45) is 5.41 Å². The van der Waals surface area contributed by atoms with Crippen molar-refractivity contribution in [1.82, 2.24) is 14.9 Å². The topological polar surface area (TPSA) is 58.6 Å². The van der Waals surface area contributed by atoms with Crippen LogP contribution in [0.5, 0.6) is 0 Å². The lowest BCUT2D eigenvalue weighted by Crippen LogP contribution is -2.54. The fraction of sp³-hybridized carbons (Fsp3) is 0.750. The second-order valence-corrected chi connectivity index (χ2v) is 7.85. The van der Waals surface area contributed by atoms with Crippen molar-refractivity contribution in [2.75, 3.05) is 44.8 Å². The van der Waals surface area contributed by atoms with E-state index >= 15 is 0 Å². The van der Waals surface area contributed by atoms with Gasteiger partial charge < -0.3 is 14.5 Å². The zero-order valence-electron chi connectivity index (χ0n) is 16.5. The van der Waals surface area contributed by atoms with Crippen LogP contribution in [0, 0.1) is 12.3 Å². The molecule has 6 nitrogen and oxygen atoms in total. The van der Waals surface area contributed by atoms with Crippen molar-refractivity contribution >= 4 is 11.7 Å². The van der Waals surface area contributed by atoms with Crippen LogP contribution in [-0.4, -0.2) is 60.7 Å². The summed E-state index contributed by atoms with van der Waals surface area (Å²) in [6.45, 7) is 8.33. The Labute approximate surface area is 156 Å². The second-order valence-electron chi connectivity index (χ2n) is 7.85. The number of carbonyl (C=O) groups excluding carboxylic acids is 1. The average molecular weight is 361 g/mol. The molecule has 2 fully saturated rings. The van der Waals surface area contributed by atoms with Gasteiger partial charge in [0.15, 0.2) is 0 Å². The highest BCUT2D eigenvalue weighted by atomic mass is 16.5. The summed E-state index contributed by atoms with van der Waals surface area (Å²) in [5.41, 5.74) is 1.32. The normalized spacial score (nSPS) is 23.7. The zero-order valence-corrected chi connectivity index (χ0v) is 16.5. The number of aromatic nitrogens is 2. The van der Waals surface area contributed by atoms with E-state index in [1.54, 1.807) is 7.11 Å². The Kier molecular flexibility index (Phi) is 6.12. The van der Waals surface area contributed by atoms with Gasteiger partial charge in [0, 0.05) is 56.9 Å². The highest BCUT2D eigenvalue weighted by Crippen LogP contribution is 2.39. The minimum atomic E-state index is 0.184. The predicted molar refractivity (Wildman–Crippen MR) is 102 cm³/mol. The SMILES string of the molecule is CCCc1cc(N2CCC[C@]3(CCC(=O)N(CCOC)C3)C2)nc(C)n1. The second kappa shape index (κ2) is 8.33. The summed E-state index contributed by atoms with van der Waals surface area (Å²) in [6, 6.07) is 2.16. The molecule has 1 spiro atoms. The summed E-state index contributed by atoms with van der Waals surface area (Å²) < 4.78 is 5.19. The third kappa shape index (κ3) is 4.34. The van der Waals surface area contributed by atoms with E-state index in [4.69, 9.17) is 9.72 Å². The number of hydrogen-bond donors (Lipinski definition) is 0. The quantitative estimate of drug-likeness (QED) is 0.780. The van der Waals surface area contributed by atoms with E-state index in [1.807, 2.05) is 11.8 Å². The van der Waals surface area contributed by atoms with E-state index in [9.17, 15) is 4.79 Å². The van der Waals surface area contributed by atoms with Crippen molar-refractivity contribution < 1.29 is 9.53 Å². The molecule has 0 aromatic carbocycles. The van der Waals surface area contributed by atoms with Crippen LogP contribution in [-0.2, 0) is 16.0 Å². The fourth-order valence-electron chi connectivity index (χ4n) is 4.40. The Morgan fingerprint density at radius 2 is 2.12 bits per heavy atom. The monoisotopic (exact) mass is 360 g/mol. The van der Waals surface area contributed by atoms with Crippen molar-refractivity contribution in [3.8, 4) is 0 Å². The Morgan fingerprint density at radius 3 is 2.88 bits per heavy atom. The van der Waals surface area contributed by atoms with Gasteiger partial charge in [-0.15, -0.1) is 0 Å². The first kappa shape index (κ1) is 19.1. The molecule has 1 aromatic heterocycles. The smallest absolute Gasteiger partial charge is 0.222 e. The number of likely N-dealkylation sites (tertiary alicyclic amines) is 1. The lowest BCUT2D eigenvalue weighted by atomic mass is 9.73. The molecule has 2 aliphatic rings. The molecule has 2 saturated heterocycles. The molecular formula is C20H32N4O2. The largest absolute Gasteiger partial charge is 0.383 e. The lowest BCUT2D eigenvalue weighted by Gasteiger charge is -2.48. The molecule has 6 heteroatoms. The van der Waals surface area contributed by atoms with Gasteiger partial charge in [0.05, 0.1) is 6.61 Å². The van der Waals surface area contributed by atoms with Crippen LogP contribution >= 0.6 is 0 Å². The van der Waals surface area contributed by atoms with E-state index in [0.29, 0.717) is 19.6 Å². The Bertz CT molecular complexity index is 636. The fourth-order valence-corrected chi connectivity index (χ4v) is 4.40. The molecule has 1 atom stereocenters. The summed E-state index contributed by atoms with van der Waals surface area (Å²) in [4.78, 5) is 26.0. The first-order valence-corrected chi connectivity index (χ1v) is 9.91. The van der Waals surface area contributed by atoms with Gasteiger partial charge in [-0.25, -0.2) is 9.97 Å². The van der Waals surface area contributed by atoms with E-state index in [0.717, 1.165) is 62.7 Å². The van der Waals surface area contributed by atoms with Crippen LogP contribution in [0.4, 0.5) is 5.82 Å². The molecule has 0 bridgehead atoms. The standard InChI is InChI=1S/C20H32N4O2/c1-4-6-17-13-18(22-16(2)21-17)23-10-5-8-20(14-23)9-7-19(25)24(15-20)11-12-26-3/h13H,4-12,14-15H2,1-3H3/t20-/m0/s1. The number of ether oxygens (including phenoxy) is 1. The molecule has 0 radical (unpaired) electrons. The van der Waals surface area contributed by atoms with E-state index in [1.165, 1.54) is 6.42 Å². The number of aryl methyl sites for hydroxylation is 2. The summed E-state index contributed by atoms with van der Waals surface area (Å²) in [5.74, 6) is 2.18. The van der Waals surface area contributed by atoms with Gasteiger partial charge in [0.25, 0.3) is 0 Å². The maximum Gasteiger partial charge on any atom is 0.222 e. The molecule has 1 amide bonds. The van der Waals surface area contributed by atoms with Gasteiger partial charge in [0.2, 0.25) is 5.91 Å².